The number of rotatable bonds is 9. The molecule has 1 N–H and O–H groups in total. The minimum absolute atomic E-state index is 0.198. The van der Waals surface area contributed by atoms with Crippen molar-refractivity contribution in [1.82, 2.24) is 5.32 Å². The predicted molar refractivity (Wildman–Crippen MR) is 154 cm³/mol. The van der Waals surface area contributed by atoms with Gasteiger partial charge < -0.3 is 14.8 Å². The average molecular weight is 554 g/mol. The SMILES string of the molecule is C=CCc1cc(/C=C2\SC(=Nc3ccc(CC)cc3)NC2=O)cc(OC)c1OCc1ccc(Cl)cc1Cl. The lowest BCUT2D eigenvalue weighted by Gasteiger charge is -2.16. The highest BCUT2D eigenvalue weighted by Crippen LogP contribution is 2.37. The first-order valence-electron chi connectivity index (χ1n) is 11.7. The zero-order valence-corrected chi connectivity index (χ0v) is 22.8. The fraction of sp³-hybridized carbons (Fsp3) is 0.172. The highest BCUT2D eigenvalue weighted by atomic mass is 35.5. The van der Waals surface area contributed by atoms with Gasteiger partial charge in [0, 0.05) is 21.2 Å². The molecule has 1 aliphatic rings. The van der Waals surface area contributed by atoms with Crippen LogP contribution in [-0.4, -0.2) is 18.2 Å². The number of carbonyl (C=O) groups excluding carboxylic acids is 1. The second-order valence-electron chi connectivity index (χ2n) is 8.23. The van der Waals surface area contributed by atoms with Crippen LogP contribution < -0.4 is 14.8 Å². The molecule has 0 unspecified atom stereocenters. The van der Waals surface area contributed by atoms with E-state index in [1.54, 1.807) is 25.3 Å². The molecular formula is C29H26Cl2N2O3S. The summed E-state index contributed by atoms with van der Waals surface area (Å²) in [4.78, 5) is 17.8. The van der Waals surface area contributed by atoms with Gasteiger partial charge in [0.25, 0.3) is 5.91 Å². The fourth-order valence-electron chi connectivity index (χ4n) is 3.73. The van der Waals surface area contributed by atoms with Crippen molar-refractivity contribution in [2.75, 3.05) is 7.11 Å². The number of aryl methyl sites for hydroxylation is 1. The van der Waals surface area contributed by atoms with E-state index in [1.165, 1.54) is 17.3 Å². The molecule has 0 aliphatic carbocycles. The number of carbonyl (C=O) groups is 1. The summed E-state index contributed by atoms with van der Waals surface area (Å²) >= 11 is 13.6. The molecule has 4 rings (SSSR count). The van der Waals surface area contributed by atoms with Crippen LogP contribution in [0, 0.1) is 0 Å². The van der Waals surface area contributed by atoms with Gasteiger partial charge in [0.15, 0.2) is 16.7 Å². The van der Waals surface area contributed by atoms with Crippen LogP contribution in [0.1, 0.15) is 29.2 Å². The quantitative estimate of drug-likeness (QED) is 0.217. The first-order valence-corrected chi connectivity index (χ1v) is 13.2. The van der Waals surface area contributed by atoms with Gasteiger partial charge in [-0.1, -0.05) is 54.4 Å². The van der Waals surface area contributed by atoms with Crippen molar-refractivity contribution >= 4 is 57.8 Å². The van der Waals surface area contributed by atoms with Crippen LogP contribution >= 0.6 is 35.0 Å². The van der Waals surface area contributed by atoms with Crippen LogP contribution in [0.25, 0.3) is 6.08 Å². The number of halogens is 2. The van der Waals surface area contributed by atoms with E-state index in [0.29, 0.717) is 38.0 Å². The van der Waals surface area contributed by atoms with E-state index in [1.807, 2.05) is 48.5 Å². The summed E-state index contributed by atoms with van der Waals surface area (Å²) in [5.41, 5.74) is 4.51. The maximum Gasteiger partial charge on any atom is 0.264 e. The van der Waals surface area contributed by atoms with Crippen molar-refractivity contribution in [3.05, 3.63) is 104 Å². The van der Waals surface area contributed by atoms with Crippen molar-refractivity contribution < 1.29 is 14.3 Å². The highest BCUT2D eigenvalue weighted by molar-refractivity contribution is 8.18. The Bertz CT molecular complexity index is 1380. The third-order valence-corrected chi connectivity index (χ3v) is 7.15. The molecule has 0 spiro atoms. The number of amides is 1. The smallest absolute Gasteiger partial charge is 0.264 e. The summed E-state index contributed by atoms with van der Waals surface area (Å²) in [7, 11) is 1.58. The number of nitrogens with zero attached hydrogens (tertiary/aromatic N) is 1. The van der Waals surface area contributed by atoms with Gasteiger partial charge in [-0.25, -0.2) is 4.99 Å². The lowest BCUT2D eigenvalue weighted by molar-refractivity contribution is -0.115. The standard InChI is InChI=1S/C29H26Cl2N2O3S/c1-4-6-20-13-19(14-25(35-3)27(20)36-17-21-9-10-22(30)16-24(21)31)15-26-28(34)33-29(37-26)32-23-11-7-18(5-2)8-12-23/h4,7-16H,1,5-6,17H2,2-3H3,(H,32,33,34)/b26-15-. The van der Waals surface area contributed by atoms with Crippen molar-refractivity contribution in [2.45, 2.75) is 26.4 Å². The van der Waals surface area contributed by atoms with Crippen molar-refractivity contribution in [1.29, 1.82) is 0 Å². The number of thioether (sulfide) groups is 1. The second-order valence-corrected chi connectivity index (χ2v) is 10.1. The summed E-state index contributed by atoms with van der Waals surface area (Å²) < 4.78 is 11.8. The Morgan fingerprint density at radius 3 is 2.54 bits per heavy atom. The molecule has 8 heteroatoms. The van der Waals surface area contributed by atoms with E-state index < -0.39 is 0 Å². The van der Waals surface area contributed by atoms with Crippen LogP contribution in [0.2, 0.25) is 10.0 Å². The second kappa shape index (κ2) is 12.4. The van der Waals surface area contributed by atoms with Gasteiger partial charge in [-0.15, -0.1) is 6.58 Å². The number of methoxy groups -OCH3 is 1. The van der Waals surface area contributed by atoms with E-state index in [4.69, 9.17) is 32.7 Å². The van der Waals surface area contributed by atoms with Gasteiger partial charge in [0.05, 0.1) is 17.7 Å². The zero-order chi connectivity index (χ0) is 26.4. The Morgan fingerprint density at radius 2 is 1.86 bits per heavy atom. The molecule has 1 heterocycles. The number of allylic oxidation sites excluding steroid dienone is 1. The van der Waals surface area contributed by atoms with Gasteiger partial charge in [0.2, 0.25) is 0 Å². The fourth-order valence-corrected chi connectivity index (χ4v) is 5.04. The Morgan fingerprint density at radius 1 is 1.08 bits per heavy atom. The summed E-state index contributed by atoms with van der Waals surface area (Å²) in [6.45, 7) is 6.22. The summed E-state index contributed by atoms with van der Waals surface area (Å²) in [5.74, 6) is 0.942. The number of hydrogen-bond donors (Lipinski definition) is 1. The molecule has 0 atom stereocenters. The number of benzene rings is 3. The van der Waals surface area contributed by atoms with Crippen LogP contribution in [-0.2, 0) is 24.2 Å². The van der Waals surface area contributed by atoms with Crippen LogP contribution in [0.4, 0.5) is 5.69 Å². The molecule has 1 saturated heterocycles. The monoisotopic (exact) mass is 552 g/mol. The molecule has 37 heavy (non-hydrogen) atoms. The number of hydrogen-bond acceptors (Lipinski definition) is 5. The number of amidine groups is 1. The van der Waals surface area contributed by atoms with E-state index in [-0.39, 0.29) is 12.5 Å². The largest absolute Gasteiger partial charge is 0.493 e. The maximum absolute atomic E-state index is 12.7. The molecular weight excluding hydrogens is 527 g/mol. The number of aliphatic imine (C=N–C) groups is 1. The van der Waals surface area contributed by atoms with Crippen molar-refractivity contribution in [3.63, 3.8) is 0 Å². The summed E-state index contributed by atoms with van der Waals surface area (Å²) in [5, 5.41) is 4.47. The molecule has 0 radical (unpaired) electrons. The molecule has 3 aromatic carbocycles. The minimum Gasteiger partial charge on any atom is -0.493 e. The van der Waals surface area contributed by atoms with E-state index in [0.717, 1.165) is 28.8 Å². The van der Waals surface area contributed by atoms with Crippen LogP contribution in [0.3, 0.4) is 0 Å². The number of nitrogens with one attached hydrogen (secondary N) is 1. The molecule has 1 aliphatic heterocycles. The molecule has 5 nitrogen and oxygen atoms in total. The van der Waals surface area contributed by atoms with Crippen molar-refractivity contribution in [2.24, 2.45) is 4.99 Å². The lowest BCUT2D eigenvalue weighted by Crippen LogP contribution is -2.19. The van der Waals surface area contributed by atoms with Crippen LogP contribution in [0.5, 0.6) is 11.5 Å². The van der Waals surface area contributed by atoms with Gasteiger partial charge in [0.1, 0.15) is 6.61 Å². The lowest BCUT2D eigenvalue weighted by atomic mass is 10.0. The van der Waals surface area contributed by atoms with Gasteiger partial charge in [-0.3, -0.25) is 4.79 Å². The third-order valence-electron chi connectivity index (χ3n) is 5.65. The van der Waals surface area contributed by atoms with E-state index in [9.17, 15) is 4.79 Å². The topological polar surface area (TPSA) is 59.9 Å². The Kier molecular flexibility index (Phi) is 8.98. The van der Waals surface area contributed by atoms with Crippen molar-refractivity contribution in [3.8, 4) is 11.5 Å². The Balaban J connectivity index is 1.58. The van der Waals surface area contributed by atoms with Gasteiger partial charge in [-0.05, 0) is 78.2 Å². The van der Waals surface area contributed by atoms with Gasteiger partial charge in [-0.2, -0.15) is 0 Å². The first kappa shape index (κ1) is 26.9. The van der Waals surface area contributed by atoms with E-state index >= 15 is 0 Å². The number of ether oxygens (including phenoxy) is 2. The molecule has 1 fully saturated rings. The molecule has 0 aromatic heterocycles. The Labute approximate surface area is 231 Å². The minimum atomic E-state index is -0.198. The summed E-state index contributed by atoms with van der Waals surface area (Å²) in [6, 6.07) is 17.0. The molecule has 0 saturated carbocycles. The molecule has 0 bridgehead atoms. The average Bonchev–Trinajstić information content (AvgIpc) is 3.22. The van der Waals surface area contributed by atoms with E-state index in [2.05, 4.69) is 23.8 Å². The zero-order valence-electron chi connectivity index (χ0n) is 20.5. The predicted octanol–water partition coefficient (Wildman–Crippen LogP) is 7.76. The summed E-state index contributed by atoms with van der Waals surface area (Å²) in [6.07, 6.45) is 5.12. The molecule has 1 amide bonds. The van der Waals surface area contributed by atoms with Gasteiger partial charge >= 0.3 is 0 Å². The third kappa shape index (κ3) is 6.77. The normalized spacial score (nSPS) is 15.2. The molecule has 3 aromatic rings. The first-order chi connectivity index (χ1) is 17.9. The van der Waals surface area contributed by atoms with Crippen LogP contribution in [0.15, 0.2) is 77.1 Å². The molecule has 190 valence electrons. The highest BCUT2D eigenvalue weighted by Gasteiger charge is 2.24. The Hall–Kier alpha value is -3.19. The maximum atomic E-state index is 12.7.